The second kappa shape index (κ2) is 10.7. The Bertz CT molecular complexity index is 1430. The van der Waals surface area contributed by atoms with Gasteiger partial charge in [-0.1, -0.05) is 32.0 Å². The van der Waals surface area contributed by atoms with Crippen molar-refractivity contribution in [2.75, 3.05) is 6.54 Å². The molecule has 0 saturated carbocycles. The third-order valence-electron chi connectivity index (χ3n) is 6.77. The lowest BCUT2D eigenvalue weighted by Crippen LogP contribution is -2.36. The number of rotatable bonds is 8. The average molecular weight is 543 g/mol. The molecule has 0 bridgehead atoms. The summed E-state index contributed by atoms with van der Waals surface area (Å²) in [4.78, 5) is 29.3. The van der Waals surface area contributed by atoms with Gasteiger partial charge in [0.05, 0.1) is 23.5 Å². The Balaban J connectivity index is 1.75. The summed E-state index contributed by atoms with van der Waals surface area (Å²) >= 11 is 1.29. The number of aryl methyl sites for hydroxylation is 1. The van der Waals surface area contributed by atoms with Crippen molar-refractivity contribution in [2.24, 2.45) is 5.92 Å². The molecule has 37 heavy (non-hydrogen) atoms. The molecule has 0 amide bonds. The molecule has 3 heterocycles. The standard InChI is InChI=1S/C27H30N2O6S2/c1-5-21-15-29(37(33,34)25-13-28-11-10-22(25)35-21)14-20-12-19(7-6-16(20)2)26(17(3)27(31)32)24-9-8-23(36-24)18(4)30/h6-13,17,21,26H,5,14-15H2,1-4H3,(H,31,32)/t17?,21-,26?/m1/s1. The van der Waals surface area contributed by atoms with Crippen molar-refractivity contribution in [1.82, 2.24) is 9.29 Å². The zero-order valence-electron chi connectivity index (χ0n) is 21.2. The van der Waals surface area contributed by atoms with Gasteiger partial charge in [-0.2, -0.15) is 4.31 Å². The minimum absolute atomic E-state index is 0.0347. The molecule has 1 aliphatic rings. The first kappa shape index (κ1) is 27.0. The Morgan fingerprint density at radius 2 is 2.00 bits per heavy atom. The zero-order chi connectivity index (χ0) is 26.9. The Labute approximate surface area is 221 Å². The molecule has 0 saturated heterocycles. The summed E-state index contributed by atoms with van der Waals surface area (Å²) in [7, 11) is -3.88. The number of carbonyl (C=O) groups is 2. The van der Waals surface area contributed by atoms with Gasteiger partial charge in [-0.05, 0) is 55.2 Å². The number of carbonyl (C=O) groups excluding carboxylic acids is 1. The number of ether oxygens (including phenoxy) is 1. The lowest BCUT2D eigenvalue weighted by Gasteiger charge is -2.25. The average Bonchev–Trinajstić information content (AvgIpc) is 3.31. The van der Waals surface area contributed by atoms with E-state index in [0.717, 1.165) is 21.6 Å². The minimum atomic E-state index is -3.88. The highest BCUT2D eigenvalue weighted by Crippen LogP contribution is 2.38. The number of benzene rings is 1. The van der Waals surface area contributed by atoms with E-state index in [1.54, 1.807) is 25.1 Å². The highest BCUT2D eigenvalue weighted by atomic mass is 32.2. The smallest absolute Gasteiger partial charge is 0.307 e. The maximum Gasteiger partial charge on any atom is 0.307 e. The molecule has 2 unspecified atom stereocenters. The molecular weight excluding hydrogens is 512 g/mol. The van der Waals surface area contributed by atoms with Crippen LogP contribution >= 0.6 is 11.3 Å². The fraction of sp³-hybridized carbons (Fsp3) is 0.370. The van der Waals surface area contributed by atoms with Gasteiger partial charge in [0, 0.05) is 23.5 Å². The van der Waals surface area contributed by atoms with Crippen molar-refractivity contribution < 1.29 is 27.9 Å². The molecule has 1 N–H and O–H groups in total. The number of aliphatic carboxylic acids is 1. The fourth-order valence-corrected chi connectivity index (χ4v) is 7.15. The Morgan fingerprint density at radius 1 is 1.24 bits per heavy atom. The van der Waals surface area contributed by atoms with Crippen LogP contribution in [0.3, 0.4) is 0 Å². The minimum Gasteiger partial charge on any atom is -0.488 e. The summed E-state index contributed by atoms with van der Waals surface area (Å²) in [5, 5.41) is 9.86. The van der Waals surface area contributed by atoms with Crippen LogP contribution in [0.25, 0.3) is 0 Å². The molecule has 8 nitrogen and oxygen atoms in total. The van der Waals surface area contributed by atoms with Crippen molar-refractivity contribution in [2.45, 2.75) is 57.6 Å². The van der Waals surface area contributed by atoms with Crippen LogP contribution in [0.1, 0.15) is 64.3 Å². The molecule has 10 heteroatoms. The maximum absolute atomic E-state index is 13.6. The molecule has 196 valence electrons. The van der Waals surface area contributed by atoms with Crippen molar-refractivity contribution in [3.63, 3.8) is 0 Å². The largest absolute Gasteiger partial charge is 0.488 e. The first-order chi connectivity index (χ1) is 17.5. The summed E-state index contributed by atoms with van der Waals surface area (Å²) in [6.07, 6.45) is 3.13. The van der Waals surface area contributed by atoms with Crippen LogP contribution in [0.15, 0.2) is 53.7 Å². The second-order valence-electron chi connectivity index (χ2n) is 9.32. The lowest BCUT2D eigenvalue weighted by atomic mass is 9.84. The molecule has 0 fully saturated rings. The van der Waals surface area contributed by atoms with Gasteiger partial charge in [0.25, 0.3) is 0 Å². The summed E-state index contributed by atoms with van der Waals surface area (Å²) in [5.41, 5.74) is 2.42. The van der Waals surface area contributed by atoms with Crippen LogP contribution < -0.4 is 4.74 Å². The molecule has 0 aliphatic carbocycles. The molecule has 3 aromatic rings. The van der Waals surface area contributed by atoms with Crippen LogP contribution in [0, 0.1) is 12.8 Å². The van der Waals surface area contributed by atoms with E-state index >= 15 is 0 Å². The highest BCUT2D eigenvalue weighted by molar-refractivity contribution is 7.89. The molecule has 4 rings (SSSR count). The number of nitrogens with zero attached hydrogens (tertiary/aromatic N) is 2. The van der Waals surface area contributed by atoms with Gasteiger partial charge in [-0.25, -0.2) is 8.42 Å². The van der Waals surface area contributed by atoms with E-state index in [9.17, 15) is 23.1 Å². The van der Waals surface area contributed by atoms with Crippen molar-refractivity contribution in [3.05, 3.63) is 75.2 Å². The highest BCUT2D eigenvalue weighted by Gasteiger charge is 2.35. The summed E-state index contributed by atoms with van der Waals surface area (Å²) < 4.78 is 34.6. The monoisotopic (exact) mass is 542 g/mol. The van der Waals surface area contributed by atoms with Gasteiger partial charge >= 0.3 is 5.97 Å². The SMILES string of the molecule is CC[C@@H]1CN(Cc2cc(C(c3ccc(C(C)=O)s3)C(C)C(=O)O)ccc2C)S(=O)(=O)c2cnccc2O1. The van der Waals surface area contributed by atoms with E-state index < -0.39 is 27.8 Å². The van der Waals surface area contributed by atoms with Gasteiger partial charge in [-0.15, -0.1) is 11.3 Å². The number of pyridine rings is 1. The third-order valence-corrected chi connectivity index (χ3v) is 9.86. The molecule has 2 aromatic heterocycles. The van der Waals surface area contributed by atoms with Crippen LogP contribution in [0.5, 0.6) is 5.75 Å². The lowest BCUT2D eigenvalue weighted by molar-refractivity contribution is -0.141. The summed E-state index contributed by atoms with van der Waals surface area (Å²) in [5.74, 6) is -1.98. The molecule has 1 aromatic carbocycles. The zero-order valence-corrected chi connectivity index (χ0v) is 22.8. The third kappa shape index (κ3) is 5.46. The van der Waals surface area contributed by atoms with Crippen LogP contribution in [0.4, 0.5) is 0 Å². The Kier molecular flexibility index (Phi) is 7.82. The quantitative estimate of drug-likeness (QED) is 0.404. The van der Waals surface area contributed by atoms with E-state index in [0.29, 0.717) is 17.0 Å². The van der Waals surface area contributed by atoms with Gasteiger partial charge < -0.3 is 9.84 Å². The van der Waals surface area contributed by atoms with E-state index in [-0.39, 0.29) is 29.9 Å². The van der Waals surface area contributed by atoms with Gasteiger partial charge in [0.15, 0.2) is 5.78 Å². The molecule has 0 spiro atoms. The Hall–Kier alpha value is -3.08. The van der Waals surface area contributed by atoms with E-state index in [1.165, 1.54) is 35.0 Å². The normalized spacial score (nSPS) is 18.8. The van der Waals surface area contributed by atoms with Gasteiger partial charge in [-0.3, -0.25) is 14.6 Å². The predicted octanol–water partition coefficient (Wildman–Crippen LogP) is 4.87. The second-order valence-corrected chi connectivity index (χ2v) is 12.3. The number of thiophene rings is 1. The molecule has 3 atom stereocenters. The maximum atomic E-state index is 13.6. The first-order valence-electron chi connectivity index (χ1n) is 12.1. The number of aromatic nitrogens is 1. The molecular formula is C27H30N2O6S2. The van der Waals surface area contributed by atoms with Crippen molar-refractivity contribution in [3.8, 4) is 5.75 Å². The number of Topliss-reactive ketones (excluding diaryl/α,β-unsaturated/α-hetero) is 1. The number of sulfonamides is 1. The number of fused-ring (bicyclic) bond motifs is 1. The van der Waals surface area contributed by atoms with Crippen molar-refractivity contribution >= 4 is 33.1 Å². The van der Waals surface area contributed by atoms with E-state index in [4.69, 9.17) is 4.74 Å². The van der Waals surface area contributed by atoms with Gasteiger partial charge in [0.2, 0.25) is 10.0 Å². The van der Waals surface area contributed by atoms with Crippen LogP contribution in [0.2, 0.25) is 0 Å². The number of carboxylic acids is 1. The summed E-state index contributed by atoms with van der Waals surface area (Å²) in [6, 6.07) is 10.7. The molecule has 1 aliphatic heterocycles. The van der Waals surface area contributed by atoms with Crippen LogP contribution in [-0.2, 0) is 21.4 Å². The van der Waals surface area contributed by atoms with Gasteiger partial charge in [0.1, 0.15) is 16.7 Å². The number of hydrogen-bond acceptors (Lipinski definition) is 7. The molecule has 0 radical (unpaired) electrons. The number of ketones is 1. The topological polar surface area (TPSA) is 114 Å². The van der Waals surface area contributed by atoms with Crippen LogP contribution in [-0.4, -0.2) is 47.2 Å². The first-order valence-corrected chi connectivity index (χ1v) is 14.3. The summed E-state index contributed by atoms with van der Waals surface area (Å²) in [6.45, 7) is 7.26. The number of carboxylic acid groups (broad SMARTS) is 1. The predicted molar refractivity (Wildman–Crippen MR) is 141 cm³/mol. The van der Waals surface area contributed by atoms with E-state index in [1.807, 2.05) is 32.0 Å². The van der Waals surface area contributed by atoms with Crippen molar-refractivity contribution in [1.29, 1.82) is 0 Å². The number of hydrogen-bond donors (Lipinski definition) is 1. The van der Waals surface area contributed by atoms with E-state index in [2.05, 4.69) is 4.98 Å². The fourth-order valence-electron chi connectivity index (χ4n) is 4.50. The Morgan fingerprint density at radius 3 is 2.65 bits per heavy atom.